The monoisotopic (exact) mass is 272 g/mol. The van der Waals surface area contributed by atoms with Gasteiger partial charge in [-0.1, -0.05) is 30.3 Å². The van der Waals surface area contributed by atoms with Crippen LogP contribution in [0.2, 0.25) is 0 Å². The van der Waals surface area contributed by atoms with E-state index in [4.69, 9.17) is 0 Å². The van der Waals surface area contributed by atoms with Gasteiger partial charge in [0.15, 0.2) is 0 Å². The van der Waals surface area contributed by atoms with Crippen molar-refractivity contribution >= 4 is 11.8 Å². The molecular formula is C16H20N2O2. The molecule has 1 aliphatic carbocycles. The number of likely N-dealkylation sites (tertiary alicyclic amines) is 1. The van der Waals surface area contributed by atoms with Crippen LogP contribution in [0.3, 0.4) is 0 Å². The van der Waals surface area contributed by atoms with Crippen LogP contribution in [0.15, 0.2) is 30.3 Å². The Balaban J connectivity index is 1.53. The van der Waals surface area contributed by atoms with Crippen molar-refractivity contribution < 1.29 is 9.59 Å². The number of rotatable bonds is 3. The Morgan fingerprint density at radius 3 is 2.75 bits per heavy atom. The van der Waals surface area contributed by atoms with Crippen LogP contribution in [0, 0.1) is 5.92 Å². The largest absolute Gasteiger partial charge is 0.351 e. The highest BCUT2D eigenvalue weighted by molar-refractivity contribution is 5.83. The van der Waals surface area contributed by atoms with E-state index in [1.165, 1.54) is 5.56 Å². The van der Waals surface area contributed by atoms with Gasteiger partial charge in [0, 0.05) is 32.0 Å². The number of hydrogen-bond donors (Lipinski definition) is 1. The van der Waals surface area contributed by atoms with Crippen molar-refractivity contribution in [2.45, 2.75) is 31.2 Å². The van der Waals surface area contributed by atoms with Crippen molar-refractivity contribution in [3.63, 3.8) is 0 Å². The lowest BCUT2D eigenvalue weighted by Gasteiger charge is -2.30. The molecule has 1 unspecified atom stereocenters. The van der Waals surface area contributed by atoms with Gasteiger partial charge in [-0.25, -0.2) is 0 Å². The second kappa shape index (κ2) is 5.27. The summed E-state index contributed by atoms with van der Waals surface area (Å²) in [5.74, 6) is 0.801. The van der Waals surface area contributed by atoms with Crippen LogP contribution in [0.5, 0.6) is 0 Å². The highest BCUT2D eigenvalue weighted by Crippen LogP contribution is 2.47. The van der Waals surface area contributed by atoms with Crippen LogP contribution in [0.4, 0.5) is 0 Å². The van der Waals surface area contributed by atoms with Crippen LogP contribution < -0.4 is 5.32 Å². The average molecular weight is 272 g/mol. The summed E-state index contributed by atoms with van der Waals surface area (Å²) in [5, 5.41) is 3.10. The number of nitrogens with zero attached hydrogens (tertiary/aromatic N) is 1. The van der Waals surface area contributed by atoms with E-state index in [0.29, 0.717) is 18.9 Å². The molecule has 106 valence electrons. The van der Waals surface area contributed by atoms with Gasteiger partial charge in [0.2, 0.25) is 11.8 Å². The molecule has 0 bridgehead atoms. The Bertz CT molecular complexity index is 514. The van der Waals surface area contributed by atoms with Gasteiger partial charge >= 0.3 is 0 Å². The molecule has 4 heteroatoms. The molecule has 2 fully saturated rings. The molecule has 1 N–H and O–H groups in total. The zero-order valence-corrected chi connectivity index (χ0v) is 11.7. The van der Waals surface area contributed by atoms with E-state index in [0.717, 1.165) is 12.8 Å². The Kier molecular flexibility index (Phi) is 3.47. The van der Waals surface area contributed by atoms with Gasteiger partial charge in [-0.15, -0.1) is 0 Å². The Morgan fingerprint density at radius 1 is 1.30 bits per heavy atom. The number of nitrogens with one attached hydrogen (secondary N) is 1. The van der Waals surface area contributed by atoms with Gasteiger partial charge in [0.1, 0.15) is 0 Å². The molecule has 1 saturated carbocycles. The van der Waals surface area contributed by atoms with Crippen LogP contribution in [0.1, 0.15) is 30.7 Å². The van der Waals surface area contributed by atoms with E-state index in [9.17, 15) is 9.59 Å². The number of likely N-dealkylation sites (N-methyl/N-ethyl adjacent to an activating group) is 1. The van der Waals surface area contributed by atoms with Gasteiger partial charge in [0.05, 0.1) is 0 Å². The van der Waals surface area contributed by atoms with Gasteiger partial charge < -0.3 is 10.2 Å². The molecule has 2 amide bonds. The quantitative estimate of drug-likeness (QED) is 0.907. The number of piperidine rings is 1. The molecule has 1 aliphatic heterocycles. The molecular weight excluding hydrogens is 252 g/mol. The minimum Gasteiger partial charge on any atom is -0.351 e. The maximum atomic E-state index is 12.2. The molecule has 0 spiro atoms. The molecule has 0 aromatic heterocycles. The summed E-state index contributed by atoms with van der Waals surface area (Å²) in [7, 11) is 1.80. The predicted octanol–water partition coefficient (Wildman–Crippen LogP) is 1.53. The van der Waals surface area contributed by atoms with E-state index in [1.54, 1.807) is 11.9 Å². The summed E-state index contributed by atoms with van der Waals surface area (Å²) in [5.41, 5.74) is 1.25. The molecule has 0 radical (unpaired) electrons. The van der Waals surface area contributed by atoms with Gasteiger partial charge in [-0.2, -0.15) is 0 Å². The normalized spacial score (nSPS) is 29.1. The van der Waals surface area contributed by atoms with Crippen molar-refractivity contribution in [2.24, 2.45) is 5.92 Å². The third kappa shape index (κ3) is 2.69. The maximum Gasteiger partial charge on any atom is 0.224 e. The first-order valence-electron chi connectivity index (χ1n) is 7.24. The van der Waals surface area contributed by atoms with Crippen LogP contribution in [-0.4, -0.2) is 36.3 Å². The minimum absolute atomic E-state index is 0.111. The summed E-state index contributed by atoms with van der Waals surface area (Å²) in [6, 6.07) is 10.3. The van der Waals surface area contributed by atoms with Gasteiger partial charge in [0.25, 0.3) is 0 Å². The van der Waals surface area contributed by atoms with Crippen LogP contribution >= 0.6 is 0 Å². The van der Waals surface area contributed by atoms with Gasteiger partial charge in [-0.05, 0) is 24.3 Å². The van der Waals surface area contributed by atoms with Crippen molar-refractivity contribution in [1.82, 2.24) is 10.2 Å². The van der Waals surface area contributed by atoms with E-state index < -0.39 is 0 Å². The fourth-order valence-corrected chi connectivity index (χ4v) is 2.99. The molecule has 20 heavy (non-hydrogen) atoms. The van der Waals surface area contributed by atoms with Crippen molar-refractivity contribution in [3.8, 4) is 0 Å². The van der Waals surface area contributed by atoms with Crippen LogP contribution in [0.25, 0.3) is 0 Å². The van der Waals surface area contributed by atoms with Crippen molar-refractivity contribution in [1.29, 1.82) is 0 Å². The fourth-order valence-electron chi connectivity index (χ4n) is 2.99. The SMILES string of the molecule is CN1CC(NC(=O)[C@H]2C[C@@H]2c2ccccc2)CCC1=O. The molecule has 3 atom stereocenters. The minimum atomic E-state index is 0.111. The zero-order valence-electron chi connectivity index (χ0n) is 11.7. The third-order valence-corrected chi connectivity index (χ3v) is 4.33. The number of hydrogen-bond acceptors (Lipinski definition) is 2. The fraction of sp³-hybridized carbons (Fsp3) is 0.500. The highest BCUT2D eigenvalue weighted by Gasteiger charge is 2.44. The smallest absolute Gasteiger partial charge is 0.224 e. The average Bonchev–Trinajstić information content (AvgIpc) is 3.24. The Morgan fingerprint density at radius 2 is 2.05 bits per heavy atom. The Labute approximate surface area is 119 Å². The summed E-state index contributed by atoms with van der Waals surface area (Å²) >= 11 is 0. The first kappa shape index (κ1) is 13.2. The lowest BCUT2D eigenvalue weighted by Crippen LogP contribution is -2.48. The third-order valence-electron chi connectivity index (χ3n) is 4.33. The Hall–Kier alpha value is -1.84. The van der Waals surface area contributed by atoms with Crippen molar-refractivity contribution in [2.75, 3.05) is 13.6 Å². The van der Waals surface area contributed by atoms with Gasteiger partial charge in [-0.3, -0.25) is 9.59 Å². The standard InChI is InChI=1S/C16H20N2O2/c1-18-10-12(7-8-15(18)19)17-16(20)14-9-13(14)11-5-3-2-4-6-11/h2-6,12-14H,7-10H2,1H3,(H,17,20)/t12?,13-,14+/m1/s1. The number of carbonyl (C=O) groups is 2. The lowest BCUT2D eigenvalue weighted by atomic mass is 10.0. The van der Waals surface area contributed by atoms with Crippen molar-refractivity contribution in [3.05, 3.63) is 35.9 Å². The molecule has 2 aliphatic rings. The first-order valence-corrected chi connectivity index (χ1v) is 7.24. The van der Waals surface area contributed by atoms with E-state index in [2.05, 4.69) is 17.4 Å². The number of carbonyl (C=O) groups excluding carboxylic acids is 2. The number of amides is 2. The molecule has 1 heterocycles. The zero-order chi connectivity index (χ0) is 14.1. The molecule has 4 nitrogen and oxygen atoms in total. The molecule has 1 aromatic rings. The summed E-state index contributed by atoms with van der Waals surface area (Å²) in [6.45, 7) is 0.632. The van der Waals surface area contributed by atoms with E-state index >= 15 is 0 Å². The van der Waals surface area contributed by atoms with E-state index in [-0.39, 0.29) is 23.8 Å². The lowest BCUT2D eigenvalue weighted by molar-refractivity contribution is -0.134. The number of benzene rings is 1. The predicted molar refractivity (Wildman–Crippen MR) is 76.1 cm³/mol. The second-order valence-electron chi connectivity index (χ2n) is 5.88. The molecule has 3 rings (SSSR count). The highest BCUT2D eigenvalue weighted by atomic mass is 16.2. The second-order valence-corrected chi connectivity index (χ2v) is 5.88. The summed E-state index contributed by atoms with van der Waals surface area (Å²) in [6.07, 6.45) is 2.24. The van der Waals surface area contributed by atoms with Crippen LogP contribution in [-0.2, 0) is 9.59 Å². The topological polar surface area (TPSA) is 49.4 Å². The first-order chi connectivity index (χ1) is 9.65. The summed E-state index contributed by atoms with van der Waals surface area (Å²) < 4.78 is 0. The maximum absolute atomic E-state index is 12.2. The van der Waals surface area contributed by atoms with E-state index in [1.807, 2.05) is 18.2 Å². The molecule has 1 aromatic carbocycles. The summed E-state index contributed by atoms with van der Waals surface area (Å²) in [4.78, 5) is 25.4. The molecule has 1 saturated heterocycles.